The second-order valence-electron chi connectivity index (χ2n) is 2.42. The molecule has 0 unspecified atom stereocenters. The second-order valence-corrected chi connectivity index (χ2v) is 2.42. The molecule has 0 spiro atoms. The lowest BCUT2D eigenvalue weighted by Gasteiger charge is -2.06. The minimum absolute atomic E-state index is 0.731. The zero-order chi connectivity index (χ0) is 9.56. The maximum absolute atomic E-state index is 5.11. The van der Waals surface area contributed by atoms with E-state index < -0.39 is 0 Å². The Morgan fingerprint density at radius 1 is 1.17 bits per heavy atom. The van der Waals surface area contributed by atoms with Crippen molar-refractivity contribution >= 4 is 0 Å². The van der Waals surface area contributed by atoms with Crippen molar-refractivity contribution in [3.05, 3.63) is 35.8 Å². The second kappa shape index (κ2) is 5.47. The molecular weight excluding hydrogens is 152 g/mol. The maximum Gasteiger partial charge on any atom is 0.156 e. The number of methoxy groups -OCH3 is 2. The van der Waals surface area contributed by atoms with Crippen molar-refractivity contribution in [2.24, 2.45) is 0 Å². The van der Waals surface area contributed by atoms with Gasteiger partial charge in [-0.1, -0.05) is 12.7 Å². The first-order chi connectivity index (χ1) is 5.65. The number of rotatable bonds is 4. The molecule has 0 aromatic rings. The SMILES string of the molecule is C=C/C(C)=C\C(OC)=C(/C)OC. The Hall–Kier alpha value is -1.18. The Kier molecular flexibility index (Phi) is 4.93. The molecule has 0 radical (unpaired) electrons. The molecule has 0 amide bonds. The first-order valence-corrected chi connectivity index (χ1v) is 3.75. The van der Waals surface area contributed by atoms with Crippen molar-refractivity contribution in [2.75, 3.05) is 14.2 Å². The highest BCUT2D eigenvalue weighted by Gasteiger charge is 1.98. The molecule has 0 saturated heterocycles. The number of hydrogen-bond donors (Lipinski definition) is 0. The van der Waals surface area contributed by atoms with Gasteiger partial charge in [0.15, 0.2) is 5.76 Å². The molecule has 2 heteroatoms. The number of ether oxygens (including phenoxy) is 2. The van der Waals surface area contributed by atoms with Crippen LogP contribution in [-0.4, -0.2) is 14.2 Å². The van der Waals surface area contributed by atoms with E-state index in [9.17, 15) is 0 Å². The first-order valence-electron chi connectivity index (χ1n) is 3.75. The minimum Gasteiger partial charge on any atom is -0.498 e. The number of allylic oxidation sites excluding steroid dienone is 4. The number of hydrogen-bond acceptors (Lipinski definition) is 2. The van der Waals surface area contributed by atoms with Crippen LogP contribution in [0.4, 0.5) is 0 Å². The molecule has 0 bridgehead atoms. The van der Waals surface area contributed by atoms with Gasteiger partial charge in [-0.25, -0.2) is 0 Å². The van der Waals surface area contributed by atoms with Crippen LogP contribution in [-0.2, 0) is 9.47 Å². The lowest BCUT2D eigenvalue weighted by Crippen LogP contribution is -1.91. The average Bonchev–Trinajstić information content (AvgIpc) is 2.12. The quantitative estimate of drug-likeness (QED) is 0.474. The van der Waals surface area contributed by atoms with Gasteiger partial charge in [-0.05, 0) is 25.5 Å². The van der Waals surface area contributed by atoms with Crippen LogP contribution in [0.15, 0.2) is 35.8 Å². The molecule has 0 aliphatic heterocycles. The highest BCUT2D eigenvalue weighted by Crippen LogP contribution is 2.09. The van der Waals surface area contributed by atoms with Crippen molar-refractivity contribution in [3.8, 4) is 0 Å². The Balaban J connectivity index is 4.68. The van der Waals surface area contributed by atoms with Gasteiger partial charge in [0.25, 0.3) is 0 Å². The van der Waals surface area contributed by atoms with E-state index in [0.717, 1.165) is 17.1 Å². The molecule has 0 aromatic heterocycles. The zero-order valence-electron chi connectivity index (χ0n) is 8.18. The highest BCUT2D eigenvalue weighted by atomic mass is 16.5. The lowest BCUT2D eigenvalue weighted by molar-refractivity contribution is 0.232. The van der Waals surface area contributed by atoms with E-state index in [1.54, 1.807) is 20.3 Å². The molecule has 0 heterocycles. The summed E-state index contributed by atoms with van der Waals surface area (Å²) in [6, 6.07) is 0. The third-order valence-electron chi connectivity index (χ3n) is 1.55. The predicted octanol–water partition coefficient (Wildman–Crippen LogP) is 2.64. The maximum atomic E-state index is 5.11. The van der Waals surface area contributed by atoms with Crippen LogP contribution < -0.4 is 0 Å². The van der Waals surface area contributed by atoms with Crippen molar-refractivity contribution in [2.45, 2.75) is 13.8 Å². The van der Waals surface area contributed by atoms with Gasteiger partial charge < -0.3 is 9.47 Å². The molecule has 0 fully saturated rings. The Morgan fingerprint density at radius 2 is 1.75 bits per heavy atom. The largest absolute Gasteiger partial charge is 0.498 e. The third-order valence-corrected chi connectivity index (χ3v) is 1.55. The summed E-state index contributed by atoms with van der Waals surface area (Å²) in [6.45, 7) is 7.45. The van der Waals surface area contributed by atoms with E-state index in [0.29, 0.717) is 0 Å². The summed E-state index contributed by atoms with van der Waals surface area (Å²) >= 11 is 0. The molecule has 0 atom stereocenters. The van der Waals surface area contributed by atoms with E-state index >= 15 is 0 Å². The van der Waals surface area contributed by atoms with Gasteiger partial charge in [-0.3, -0.25) is 0 Å². The van der Waals surface area contributed by atoms with E-state index in [-0.39, 0.29) is 0 Å². The van der Waals surface area contributed by atoms with Crippen molar-refractivity contribution < 1.29 is 9.47 Å². The molecule has 0 saturated carbocycles. The fraction of sp³-hybridized carbons (Fsp3) is 0.400. The summed E-state index contributed by atoms with van der Waals surface area (Å²) in [6.07, 6.45) is 3.65. The standard InChI is InChI=1S/C10H16O2/c1-6-8(2)7-10(12-5)9(3)11-4/h6-7H,1H2,2-5H3/b8-7-,10-9-. The molecule has 0 N–H and O–H groups in total. The van der Waals surface area contributed by atoms with Gasteiger partial charge >= 0.3 is 0 Å². The summed E-state index contributed by atoms with van der Waals surface area (Å²) in [5.41, 5.74) is 1.04. The van der Waals surface area contributed by atoms with Gasteiger partial charge in [-0.15, -0.1) is 0 Å². The van der Waals surface area contributed by atoms with Crippen LogP contribution >= 0.6 is 0 Å². The molecule has 68 valence electrons. The van der Waals surface area contributed by atoms with Gasteiger partial charge in [0.2, 0.25) is 0 Å². The van der Waals surface area contributed by atoms with E-state index in [1.807, 2.05) is 19.9 Å². The van der Waals surface area contributed by atoms with Crippen molar-refractivity contribution in [1.82, 2.24) is 0 Å². The van der Waals surface area contributed by atoms with Crippen LogP contribution in [0.5, 0.6) is 0 Å². The van der Waals surface area contributed by atoms with Crippen LogP contribution in [0.1, 0.15) is 13.8 Å². The fourth-order valence-corrected chi connectivity index (χ4v) is 0.671. The molecule has 0 rings (SSSR count). The Morgan fingerprint density at radius 3 is 2.08 bits per heavy atom. The monoisotopic (exact) mass is 168 g/mol. The molecule has 0 aliphatic rings. The van der Waals surface area contributed by atoms with Gasteiger partial charge in [0.1, 0.15) is 5.76 Å². The highest BCUT2D eigenvalue weighted by molar-refractivity contribution is 5.25. The predicted molar refractivity (Wildman–Crippen MR) is 50.7 cm³/mol. The topological polar surface area (TPSA) is 18.5 Å². The van der Waals surface area contributed by atoms with E-state index in [2.05, 4.69) is 6.58 Å². The zero-order valence-corrected chi connectivity index (χ0v) is 8.18. The Labute approximate surface area is 74.2 Å². The van der Waals surface area contributed by atoms with Crippen molar-refractivity contribution in [1.29, 1.82) is 0 Å². The Bertz CT molecular complexity index is 212. The average molecular weight is 168 g/mol. The van der Waals surface area contributed by atoms with Gasteiger partial charge in [0, 0.05) is 0 Å². The molecule has 12 heavy (non-hydrogen) atoms. The molecule has 2 nitrogen and oxygen atoms in total. The molecule has 0 aromatic carbocycles. The van der Waals surface area contributed by atoms with Crippen LogP contribution in [0.3, 0.4) is 0 Å². The summed E-state index contributed by atoms with van der Waals surface area (Å²) in [5.74, 6) is 1.49. The van der Waals surface area contributed by atoms with Crippen LogP contribution in [0.2, 0.25) is 0 Å². The van der Waals surface area contributed by atoms with E-state index in [1.165, 1.54) is 0 Å². The third kappa shape index (κ3) is 3.28. The summed E-state index contributed by atoms with van der Waals surface area (Å²) in [5, 5.41) is 0. The van der Waals surface area contributed by atoms with Gasteiger partial charge in [0.05, 0.1) is 14.2 Å². The minimum atomic E-state index is 0.731. The summed E-state index contributed by atoms with van der Waals surface area (Å²) < 4.78 is 10.1. The smallest absolute Gasteiger partial charge is 0.156 e. The first kappa shape index (κ1) is 10.8. The normalized spacial score (nSPS) is 13.5. The van der Waals surface area contributed by atoms with Crippen molar-refractivity contribution in [3.63, 3.8) is 0 Å². The molecule has 0 aliphatic carbocycles. The molecular formula is C10H16O2. The van der Waals surface area contributed by atoms with Crippen LogP contribution in [0, 0.1) is 0 Å². The van der Waals surface area contributed by atoms with Gasteiger partial charge in [-0.2, -0.15) is 0 Å². The summed E-state index contributed by atoms with van der Waals surface area (Å²) in [7, 11) is 3.23. The van der Waals surface area contributed by atoms with E-state index in [4.69, 9.17) is 9.47 Å². The fourth-order valence-electron chi connectivity index (χ4n) is 0.671. The summed E-state index contributed by atoms with van der Waals surface area (Å²) in [4.78, 5) is 0. The lowest BCUT2D eigenvalue weighted by atomic mass is 10.2. The van der Waals surface area contributed by atoms with Crippen LogP contribution in [0.25, 0.3) is 0 Å².